The highest BCUT2D eigenvalue weighted by Gasteiger charge is 2.04. The average Bonchev–Trinajstić information content (AvgIpc) is 2.65. The average molecular weight is 333 g/mol. The normalized spacial score (nSPS) is 13.1. The second-order valence-electron chi connectivity index (χ2n) is 4.56. The number of methoxy groups -OCH3 is 1. The van der Waals surface area contributed by atoms with E-state index in [0.717, 1.165) is 29.9 Å². The Kier molecular flexibility index (Phi) is 11.4. The maximum absolute atomic E-state index is 9.99. The Morgan fingerprint density at radius 2 is 1.79 bits per heavy atom. The van der Waals surface area contributed by atoms with Crippen molar-refractivity contribution in [2.45, 2.75) is 33.6 Å². The summed E-state index contributed by atoms with van der Waals surface area (Å²) >= 11 is 0. The van der Waals surface area contributed by atoms with Gasteiger partial charge in [0, 0.05) is 11.3 Å². The lowest BCUT2D eigenvalue weighted by Gasteiger charge is -2.05. The van der Waals surface area contributed by atoms with Crippen LogP contribution in [-0.4, -0.2) is 23.7 Å². The van der Waals surface area contributed by atoms with Gasteiger partial charge in [-0.15, -0.1) is 0 Å². The van der Waals surface area contributed by atoms with E-state index in [4.69, 9.17) is 9.84 Å². The van der Waals surface area contributed by atoms with E-state index in [0.29, 0.717) is 6.41 Å². The summed E-state index contributed by atoms with van der Waals surface area (Å²) < 4.78 is 4.93. The number of anilines is 1. The predicted molar refractivity (Wildman–Crippen MR) is 98.4 cm³/mol. The molecule has 1 aliphatic carbocycles. The number of benzene rings is 1. The van der Waals surface area contributed by atoms with Gasteiger partial charge in [-0.25, -0.2) is 0 Å². The van der Waals surface area contributed by atoms with E-state index in [-0.39, 0.29) is 11.5 Å². The van der Waals surface area contributed by atoms with Crippen molar-refractivity contribution < 1.29 is 19.7 Å². The number of aliphatic hydroxyl groups excluding tert-OH is 2. The number of rotatable bonds is 4. The van der Waals surface area contributed by atoms with Crippen LogP contribution in [0.4, 0.5) is 5.69 Å². The molecule has 0 aliphatic heterocycles. The van der Waals surface area contributed by atoms with E-state index in [9.17, 15) is 9.90 Å². The fraction of sp³-hybridized carbons (Fsp3) is 0.316. The highest BCUT2D eigenvalue weighted by atomic mass is 16.5. The zero-order chi connectivity index (χ0) is 18.4. The molecule has 0 unspecified atom stereocenters. The summed E-state index contributed by atoms with van der Waals surface area (Å²) in [6, 6.07) is 7.11. The second kappa shape index (κ2) is 12.8. The van der Waals surface area contributed by atoms with Gasteiger partial charge in [-0.2, -0.15) is 0 Å². The van der Waals surface area contributed by atoms with Crippen molar-refractivity contribution >= 4 is 12.1 Å². The van der Waals surface area contributed by atoms with Gasteiger partial charge < -0.3 is 20.3 Å². The molecular weight excluding hydrogens is 306 g/mol. The molecule has 0 saturated carbocycles. The summed E-state index contributed by atoms with van der Waals surface area (Å²) in [7, 11) is 1.60. The highest BCUT2D eigenvalue weighted by molar-refractivity contribution is 5.71. The van der Waals surface area contributed by atoms with Crippen molar-refractivity contribution in [3.63, 3.8) is 0 Å². The molecule has 1 aliphatic rings. The number of amides is 1. The Balaban J connectivity index is 0.000000400. The van der Waals surface area contributed by atoms with Crippen molar-refractivity contribution in [2.75, 3.05) is 12.4 Å². The zero-order valence-electron chi connectivity index (χ0n) is 14.7. The third-order valence-electron chi connectivity index (χ3n) is 2.93. The number of hydrogen-bond donors (Lipinski definition) is 3. The number of nitrogens with one attached hydrogen (secondary N) is 1. The number of carbonyl (C=O) groups is 1. The lowest BCUT2D eigenvalue weighted by atomic mass is 10.1. The molecule has 1 aromatic rings. The summed E-state index contributed by atoms with van der Waals surface area (Å²) in [5.74, 6) is 0.741. The van der Waals surface area contributed by atoms with Gasteiger partial charge >= 0.3 is 0 Å². The summed E-state index contributed by atoms with van der Waals surface area (Å²) in [4.78, 5) is 9.99. The topological polar surface area (TPSA) is 78.8 Å². The highest BCUT2D eigenvalue weighted by Crippen LogP contribution is 2.17. The van der Waals surface area contributed by atoms with E-state index in [1.165, 1.54) is 6.92 Å². The van der Waals surface area contributed by atoms with E-state index in [1.807, 2.05) is 32.1 Å². The van der Waals surface area contributed by atoms with Crippen LogP contribution in [-0.2, 0) is 4.79 Å². The minimum Gasteiger partial charge on any atom is -0.509 e. The molecule has 5 heteroatoms. The third-order valence-corrected chi connectivity index (χ3v) is 2.93. The largest absolute Gasteiger partial charge is 0.509 e. The number of hydrogen-bond acceptors (Lipinski definition) is 4. The minimum atomic E-state index is -0.0252. The molecule has 5 nitrogen and oxygen atoms in total. The molecular formula is C19H27NO4. The predicted octanol–water partition coefficient (Wildman–Crippen LogP) is 4.90. The Hall–Kier alpha value is -2.69. The van der Waals surface area contributed by atoms with Crippen LogP contribution in [0, 0.1) is 0 Å². The third kappa shape index (κ3) is 8.08. The Morgan fingerprint density at radius 1 is 1.17 bits per heavy atom. The molecule has 132 valence electrons. The van der Waals surface area contributed by atoms with Crippen molar-refractivity contribution in [2.24, 2.45) is 0 Å². The van der Waals surface area contributed by atoms with Gasteiger partial charge in [-0.3, -0.25) is 4.79 Å². The van der Waals surface area contributed by atoms with E-state index in [1.54, 1.807) is 31.4 Å². The van der Waals surface area contributed by atoms with Crippen LogP contribution in [0.15, 0.2) is 59.6 Å². The summed E-state index contributed by atoms with van der Waals surface area (Å²) in [6.07, 6.45) is 8.30. The van der Waals surface area contributed by atoms with Crippen molar-refractivity contribution in [3.8, 4) is 5.75 Å². The van der Waals surface area contributed by atoms with Crippen LogP contribution in [0.25, 0.3) is 0 Å². The van der Waals surface area contributed by atoms with Gasteiger partial charge in [0.15, 0.2) is 5.76 Å². The summed E-state index contributed by atoms with van der Waals surface area (Å²) in [5.41, 5.74) is 1.48. The molecule has 3 N–H and O–H groups in total. The molecule has 24 heavy (non-hydrogen) atoms. The number of allylic oxidation sites excluding steroid dienone is 4. The lowest BCUT2D eigenvalue weighted by Crippen LogP contribution is -1.92. The molecule has 0 heterocycles. The first-order valence-corrected chi connectivity index (χ1v) is 7.88. The fourth-order valence-electron chi connectivity index (χ4n) is 1.75. The number of aliphatic hydroxyl groups is 2. The molecule has 2 rings (SSSR count). The van der Waals surface area contributed by atoms with Crippen molar-refractivity contribution in [1.29, 1.82) is 0 Å². The molecule has 0 radical (unpaired) electrons. The van der Waals surface area contributed by atoms with Crippen LogP contribution in [0.2, 0.25) is 0 Å². The lowest BCUT2D eigenvalue weighted by molar-refractivity contribution is -0.105. The first-order valence-electron chi connectivity index (χ1n) is 7.88. The van der Waals surface area contributed by atoms with E-state index < -0.39 is 0 Å². The molecule has 0 saturated heterocycles. The molecule has 1 aromatic carbocycles. The van der Waals surface area contributed by atoms with Crippen LogP contribution >= 0.6 is 0 Å². The first kappa shape index (κ1) is 21.3. The Labute approximate surface area is 144 Å². The van der Waals surface area contributed by atoms with Crippen molar-refractivity contribution in [1.82, 2.24) is 0 Å². The first-order chi connectivity index (χ1) is 11.6. The molecule has 0 bridgehead atoms. The molecule has 0 fully saturated rings. The Bertz CT molecular complexity index is 568. The fourth-order valence-corrected chi connectivity index (χ4v) is 1.75. The molecule has 0 spiro atoms. The molecule has 0 aromatic heterocycles. The zero-order valence-corrected chi connectivity index (χ0v) is 14.7. The molecule has 1 amide bonds. The second-order valence-corrected chi connectivity index (χ2v) is 4.56. The number of carbonyl (C=O) groups excluding carboxylic acids is 1. The number of ether oxygens (including phenoxy) is 1. The van der Waals surface area contributed by atoms with E-state index >= 15 is 0 Å². The van der Waals surface area contributed by atoms with Gasteiger partial charge in [0.1, 0.15) is 11.5 Å². The van der Waals surface area contributed by atoms with Gasteiger partial charge in [0.05, 0.1) is 7.11 Å². The van der Waals surface area contributed by atoms with Crippen LogP contribution in [0.5, 0.6) is 5.75 Å². The smallest absolute Gasteiger partial charge is 0.211 e. The van der Waals surface area contributed by atoms with Crippen LogP contribution < -0.4 is 10.1 Å². The monoisotopic (exact) mass is 333 g/mol. The van der Waals surface area contributed by atoms with Crippen molar-refractivity contribution in [3.05, 3.63) is 59.6 Å². The summed E-state index contributed by atoms with van der Waals surface area (Å²) in [6.45, 7) is 5.47. The van der Waals surface area contributed by atoms with Gasteiger partial charge in [-0.05, 0) is 44.0 Å². The molecule has 0 atom stereocenters. The van der Waals surface area contributed by atoms with E-state index in [2.05, 4.69) is 5.32 Å². The van der Waals surface area contributed by atoms with Gasteiger partial charge in [0.2, 0.25) is 6.41 Å². The van der Waals surface area contributed by atoms with Crippen LogP contribution in [0.3, 0.4) is 0 Å². The minimum absolute atomic E-state index is 0.0130. The SMILES string of the molecule is C/C(O)=C(\O)C1=CCCC=C1.CC.COc1ccc(NC=O)cc1. The maximum Gasteiger partial charge on any atom is 0.211 e. The quantitative estimate of drug-likeness (QED) is 0.541. The standard InChI is InChI=1S/C9H12O2.C8H9NO2.C2H6/c1-7(10)9(11)8-5-3-2-4-6-8;1-11-8-4-2-7(3-5-8)9-6-10;1-2/h3,5-6,10-11H,2,4H2,1H3;2-6H,1H3,(H,9,10);1-2H3/b9-7+;;. The van der Waals surface area contributed by atoms with Crippen LogP contribution in [0.1, 0.15) is 33.6 Å². The van der Waals surface area contributed by atoms with Gasteiger partial charge in [-0.1, -0.05) is 32.1 Å². The summed E-state index contributed by atoms with van der Waals surface area (Å²) in [5, 5.41) is 20.7. The maximum atomic E-state index is 9.99. The van der Waals surface area contributed by atoms with Gasteiger partial charge in [0.25, 0.3) is 0 Å². The Morgan fingerprint density at radius 3 is 2.21 bits per heavy atom.